The molecule has 0 atom stereocenters. The van der Waals surface area contributed by atoms with E-state index in [0.29, 0.717) is 17.5 Å². The highest BCUT2D eigenvalue weighted by Gasteiger charge is 2.13. The highest BCUT2D eigenvalue weighted by molar-refractivity contribution is 5.97. The van der Waals surface area contributed by atoms with Crippen molar-refractivity contribution >= 4 is 10.8 Å². The molecule has 0 saturated carbocycles. The minimum atomic E-state index is 0.643. The molecule has 1 heterocycles. The lowest BCUT2D eigenvalue weighted by atomic mass is 9.93. The second kappa shape index (κ2) is 13.7. The van der Waals surface area contributed by atoms with Crippen molar-refractivity contribution in [2.24, 2.45) is 0 Å². The molecule has 0 spiro atoms. The van der Waals surface area contributed by atoms with Gasteiger partial charge in [-0.3, -0.25) is 0 Å². The van der Waals surface area contributed by atoms with Crippen LogP contribution in [0.5, 0.6) is 0 Å². The van der Waals surface area contributed by atoms with E-state index in [9.17, 15) is 0 Å². The van der Waals surface area contributed by atoms with Crippen LogP contribution < -0.4 is 0 Å². The molecule has 9 aromatic rings. The van der Waals surface area contributed by atoms with Crippen molar-refractivity contribution in [2.45, 2.75) is 0 Å². The van der Waals surface area contributed by atoms with Gasteiger partial charge >= 0.3 is 0 Å². The molecule has 244 valence electrons. The minimum Gasteiger partial charge on any atom is -0.208 e. The molecule has 0 N–H and O–H groups in total. The van der Waals surface area contributed by atoms with Gasteiger partial charge in [-0.15, -0.1) is 0 Å². The van der Waals surface area contributed by atoms with Crippen molar-refractivity contribution in [3.63, 3.8) is 0 Å². The molecule has 3 heteroatoms. The first-order valence-corrected chi connectivity index (χ1v) is 17.5. The zero-order valence-corrected chi connectivity index (χ0v) is 28.4. The molecule has 9 rings (SSSR count). The second-order valence-electron chi connectivity index (χ2n) is 12.9. The van der Waals surface area contributed by atoms with E-state index < -0.39 is 0 Å². The van der Waals surface area contributed by atoms with Crippen LogP contribution >= 0.6 is 0 Å². The lowest BCUT2D eigenvalue weighted by Gasteiger charge is -2.12. The van der Waals surface area contributed by atoms with Gasteiger partial charge in [0.15, 0.2) is 17.5 Å². The molecule has 0 bridgehead atoms. The molecule has 0 aliphatic rings. The van der Waals surface area contributed by atoms with Crippen LogP contribution in [0.15, 0.2) is 200 Å². The van der Waals surface area contributed by atoms with E-state index in [1.807, 2.05) is 60.7 Å². The fourth-order valence-corrected chi connectivity index (χ4v) is 6.88. The summed E-state index contributed by atoms with van der Waals surface area (Å²) in [6.45, 7) is 0. The molecular formula is C49H33N3. The van der Waals surface area contributed by atoms with Gasteiger partial charge in [0.1, 0.15) is 0 Å². The standard InChI is InChI=1S/C49H33N3/c1-3-15-35(16-4-1)47-50-48(36-17-5-2-6-18-36)52-49(51-47)44-27-12-25-42(33-44)40-23-10-21-38(31-40)37-20-9-22-39(30-37)41-24-11-26-43(32-41)46-29-13-19-34-14-7-8-28-45(34)46/h1-33H. The number of hydrogen-bond acceptors (Lipinski definition) is 3. The Bertz CT molecular complexity index is 2620. The molecule has 0 fully saturated rings. The number of fused-ring (bicyclic) bond motifs is 1. The molecule has 0 radical (unpaired) electrons. The summed E-state index contributed by atoms with van der Waals surface area (Å²) >= 11 is 0. The van der Waals surface area contributed by atoms with Crippen molar-refractivity contribution in [2.75, 3.05) is 0 Å². The molecule has 3 nitrogen and oxygen atoms in total. The van der Waals surface area contributed by atoms with Gasteiger partial charge in [-0.05, 0) is 79.5 Å². The van der Waals surface area contributed by atoms with Crippen LogP contribution in [0.25, 0.3) is 89.4 Å². The van der Waals surface area contributed by atoms with Crippen LogP contribution in [0.3, 0.4) is 0 Å². The first-order chi connectivity index (χ1) is 25.7. The predicted molar refractivity (Wildman–Crippen MR) is 215 cm³/mol. The van der Waals surface area contributed by atoms with Gasteiger partial charge in [0.25, 0.3) is 0 Å². The van der Waals surface area contributed by atoms with Gasteiger partial charge < -0.3 is 0 Å². The predicted octanol–water partition coefficient (Wildman–Crippen LogP) is 12.7. The molecule has 52 heavy (non-hydrogen) atoms. The monoisotopic (exact) mass is 663 g/mol. The first kappa shape index (κ1) is 31.0. The van der Waals surface area contributed by atoms with Crippen LogP contribution in [0.1, 0.15) is 0 Å². The van der Waals surface area contributed by atoms with Crippen LogP contribution in [0, 0.1) is 0 Å². The SMILES string of the molecule is c1ccc(-c2nc(-c3ccccc3)nc(-c3cccc(-c4cccc(-c5cccc(-c6cccc(-c7cccc8ccccc78)c6)c5)c4)c3)n2)cc1. The molecule has 0 aliphatic carbocycles. The Morgan fingerprint density at radius 3 is 1.08 bits per heavy atom. The lowest BCUT2D eigenvalue weighted by molar-refractivity contribution is 1.07. The summed E-state index contributed by atoms with van der Waals surface area (Å²) in [6.07, 6.45) is 0. The van der Waals surface area contributed by atoms with E-state index in [2.05, 4.69) is 140 Å². The van der Waals surface area contributed by atoms with Gasteiger partial charge in [0.05, 0.1) is 0 Å². The molecule has 0 aliphatic heterocycles. The van der Waals surface area contributed by atoms with Crippen LogP contribution in [0.2, 0.25) is 0 Å². The largest absolute Gasteiger partial charge is 0.208 e. The number of nitrogens with zero attached hydrogens (tertiary/aromatic N) is 3. The van der Waals surface area contributed by atoms with Gasteiger partial charge in [0, 0.05) is 16.7 Å². The number of hydrogen-bond donors (Lipinski definition) is 0. The minimum absolute atomic E-state index is 0.643. The Hall–Kier alpha value is -6.97. The van der Waals surface area contributed by atoms with Crippen molar-refractivity contribution in [1.82, 2.24) is 15.0 Å². The van der Waals surface area contributed by atoms with E-state index >= 15 is 0 Å². The Morgan fingerprint density at radius 1 is 0.231 bits per heavy atom. The third-order valence-electron chi connectivity index (χ3n) is 9.51. The number of rotatable bonds is 7. The number of aromatic nitrogens is 3. The highest BCUT2D eigenvalue weighted by Crippen LogP contribution is 2.35. The third-order valence-corrected chi connectivity index (χ3v) is 9.51. The fraction of sp³-hybridized carbons (Fsp3) is 0. The molecule has 1 aromatic heterocycles. The molecule has 0 saturated heterocycles. The molecule has 0 amide bonds. The van der Waals surface area contributed by atoms with E-state index in [1.54, 1.807) is 0 Å². The van der Waals surface area contributed by atoms with Crippen LogP contribution in [0.4, 0.5) is 0 Å². The topological polar surface area (TPSA) is 38.7 Å². The van der Waals surface area contributed by atoms with Gasteiger partial charge in [-0.1, -0.05) is 176 Å². The average molecular weight is 664 g/mol. The van der Waals surface area contributed by atoms with E-state index in [1.165, 1.54) is 38.6 Å². The summed E-state index contributed by atoms with van der Waals surface area (Å²) in [5.41, 5.74) is 12.2. The Morgan fingerprint density at radius 2 is 0.558 bits per heavy atom. The zero-order valence-electron chi connectivity index (χ0n) is 28.4. The van der Waals surface area contributed by atoms with E-state index in [-0.39, 0.29) is 0 Å². The van der Waals surface area contributed by atoms with E-state index in [4.69, 9.17) is 15.0 Å². The summed E-state index contributed by atoms with van der Waals surface area (Å²) in [5.74, 6) is 1.95. The Balaban J connectivity index is 1.05. The van der Waals surface area contributed by atoms with Crippen molar-refractivity contribution in [3.8, 4) is 78.7 Å². The van der Waals surface area contributed by atoms with Gasteiger partial charge in [-0.25, -0.2) is 15.0 Å². The van der Waals surface area contributed by atoms with Gasteiger partial charge in [-0.2, -0.15) is 0 Å². The van der Waals surface area contributed by atoms with Crippen molar-refractivity contribution in [1.29, 1.82) is 0 Å². The maximum atomic E-state index is 4.96. The van der Waals surface area contributed by atoms with Crippen molar-refractivity contribution in [3.05, 3.63) is 200 Å². The summed E-state index contributed by atoms with van der Waals surface area (Å²) in [4.78, 5) is 14.8. The Kier molecular flexibility index (Phi) is 8.20. The fourth-order valence-electron chi connectivity index (χ4n) is 6.88. The zero-order chi connectivity index (χ0) is 34.7. The summed E-state index contributed by atoms with van der Waals surface area (Å²) in [7, 11) is 0. The maximum Gasteiger partial charge on any atom is 0.164 e. The molecular weight excluding hydrogens is 631 g/mol. The molecule has 8 aromatic carbocycles. The second-order valence-corrected chi connectivity index (χ2v) is 12.9. The highest BCUT2D eigenvalue weighted by atomic mass is 15.0. The maximum absolute atomic E-state index is 4.96. The first-order valence-electron chi connectivity index (χ1n) is 17.5. The number of benzene rings is 8. The molecule has 0 unspecified atom stereocenters. The smallest absolute Gasteiger partial charge is 0.164 e. The quantitative estimate of drug-likeness (QED) is 0.170. The lowest BCUT2D eigenvalue weighted by Crippen LogP contribution is -2.00. The average Bonchev–Trinajstić information content (AvgIpc) is 3.24. The van der Waals surface area contributed by atoms with Crippen molar-refractivity contribution < 1.29 is 0 Å². The van der Waals surface area contributed by atoms with Crippen LogP contribution in [-0.2, 0) is 0 Å². The van der Waals surface area contributed by atoms with Gasteiger partial charge in [0.2, 0.25) is 0 Å². The van der Waals surface area contributed by atoms with E-state index in [0.717, 1.165) is 33.4 Å². The summed E-state index contributed by atoms with van der Waals surface area (Å²) in [5, 5.41) is 2.51. The summed E-state index contributed by atoms with van der Waals surface area (Å²) < 4.78 is 0. The Labute approximate surface area is 303 Å². The third kappa shape index (κ3) is 6.28. The normalized spacial score (nSPS) is 11.1. The van der Waals surface area contributed by atoms with Crippen LogP contribution in [-0.4, -0.2) is 15.0 Å². The summed E-state index contributed by atoms with van der Waals surface area (Å²) in [6, 6.07) is 70.2.